The number of carbonyl (C=O) groups excluding carboxylic acids is 2. The summed E-state index contributed by atoms with van der Waals surface area (Å²) in [5.41, 5.74) is 1.10. The Labute approximate surface area is 134 Å². The molecule has 0 aliphatic rings. The van der Waals surface area contributed by atoms with Gasteiger partial charge in [-0.3, -0.25) is 9.59 Å². The van der Waals surface area contributed by atoms with E-state index in [2.05, 4.69) is 20.7 Å². The first-order chi connectivity index (χ1) is 9.85. The number of esters is 1. The minimum absolute atomic E-state index is 0.0000574. The first kappa shape index (κ1) is 17.7. The van der Waals surface area contributed by atoms with Crippen molar-refractivity contribution in [2.24, 2.45) is 0 Å². The fraction of sp³-hybridized carbons (Fsp3) is 0.500. The Morgan fingerprint density at radius 3 is 2.24 bits per heavy atom. The van der Waals surface area contributed by atoms with Crippen LogP contribution in [0.5, 0.6) is 0 Å². The third-order valence-electron chi connectivity index (χ3n) is 3.39. The van der Waals surface area contributed by atoms with Gasteiger partial charge in [0.2, 0.25) is 5.91 Å². The van der Waals surface area contributed by atoms with Crippen molar-refractivity contribution in [2.45, 2.75) is 39.2 Å². The zero-order valence-corrected chi connectivity index (χ0v) is 14.5. The summed E-state index contributed by atoms with van der Waals surface area (Å²) in [4.78, 5) is 25.4. The molecule has 0 spiro atoms. The average molecular weight is 356 g/mol. The summed E-state index contributed by atoms with van der Waals surface area (Å²) in [6.07, 6.45) is 0.372. The van der Waals surface area contributed by atoms with Crippen LogP contribution >= 0.6 is 15.9 Å². The number of halogens is 1. The van der Waals surface area contributed by atoms with E-state index < -0.39 is 5.97 Å². The van der Waals surface area contributed by atoms with Crippen molar-refractivity contribution >= 4 is 27.8 Å². The van der Waals surface area contributed by atoms with Crippen molar-refractivity contribution in [3.8, 4) is 0 Å². The molecule has 0 fully saturated rings. The van der Waals surface area contributed by atoms with Crippen LogP contribution in [0.25, 0.3) is 0 Å². The van der Waals surface area contributed by atoms with Gasteiger partial charge >= 0.3 is 5.97 Å². The molecule has 5 heteroatoms. The maximum atomic E-state index is 12.4. The molecule has 0 radical (unpaired) electrons. The van der Waals surface area contributed by atoms with Gasteiger partial charge in [-0.1, -0.05) is 35.0 Å². The highest BCUT2D eigenvalue weighted by Crippen LogP contribution is 2.22. The van der Waals surface area contributed by atoms with Crippen molar-refractivity contribution < 1.29 is 14.3 Å². The molecule has 1 amide bonds. The molecular formula is C16H22BrNO3. The van der Waals surface area contributed by atoms with Gasteiger partial charge in [0, 0.05) is 16.9 Å². The standard InChI is InChI=1S/C16H22BrNO3/c1-11(2)18(10-16(20)21-4)15(19)9-12(3)13-5-7-14(17)8-6-13/h5-8,11-12H,9-10H2,1-4H3. The van der Waals surface area contributed by atoms with Gasteiger partial charge in [-0.25, -0.2) is 0 Å². The molecule has 4 nitrogen and oxygen atoms in total. The zero-order valence-electron chi connectivity index (χ0n) is 12.9. The van der Waals surface area contributed by atoms with Gasteiger partial charge in [0.1, 0.15) is 6.54 Å². The SMILES string of the molecule is COC(=O)CN(C(=O)CC(C)c1ccc(Br)cc1)C(C)C. The van der Waals surface area contributed by atoms with Gasteiger partial charge in [0.05, 0.1) is 7.11 Å². The average Bonchev–Trinajstić information content (AvgIpc) is 2.44. The molecule has 0 saturated carbocycles. The molecule has 21 heavy (non-hydrogen) atoms. The summed E-state index contributed by atoms with van der Waals surface area (Å²) in [6.45, 7) is 5.80. The predicted molar refractivity (Wildman–Crippen MR) is 86.0 cm³/mol. The molecular weight excluding hydrogens is 334 g/mol. The minimum atomic E-state index is -0.395. The number of nitrogens with zero attached hydrogens (tertiary/aromatic N) is 1. The molecule has 116 valence electrons. The molecule has 1 aromatic rings. The van der Waals surface area contributed by atoms with E-state index in [-0.39, 0.29) is 24.4 Å². The van der Waals surface area contributed by atoms with E-state index in [1.165, 1.54) is 7.11 Å². The highest BCUT2D eigenvalue weighted by Gasteiger charge is 2.22. The van der Waals surface area contributed by atoms with Crippen molar-refractivity contribution in [3.05, 3.63) is 34.3 Å². The number of rotatable bonds is 6. The van der Waals surface area contributed by atoms with Crippen LogP contribution in [0.3, 0.4) is 0 Å². The number of ether oxygens (including phenoxy) is 1. The largest absolute Gasteiger partial charge is 0.468 e. The third kappa shape index (κ3) is 5.50. The van der Waals surface area contributed by atoms with Crippen LogP contribution in [0, 0.1) is 0 Å². The molecule has 1 atom stereocenters. The fourth-order valence-corrected chi connectivity index (χ4v) is 2.32. The Balaban J connectivity index is 2.72. The number of methoxy groups -OCH3 is 1. The lowest BCUT2D eigenvalue weighted by Gasteiger charge is -2.27. The lowest BCUT2D eigenvalue weighted by Crippen LogP contribution is -2.41. The summed E-state index contributed by atoms with van der Waals surface area (Å²) in [6, 6.07) is 7.90. The highest BCUT2D eigenvalue weighted by atomic mass is 79.9. The van der Waals surface area contributed by atoms with E-state index in [9.17, 15) is 9.59 Å². The third-order valence-corrected chi connectivity index (χ3v) is 3.92. The second-order valence-corrected chi connectivity index (χ2v) is 6.26. The number of benzene rings is 1. The quantitative estimate of drug-likeness (QED) is 0.735. The van der Waals surface area contributed by atoms with Crippen LogP contribution in [-0.2, 0) is 14.3 Å². The predicted octanol–water partition coefficient (Wildman–Crippen LogP) is 3.35. The number of hydrogen-bond acceptors (Lipinski definition) is 3. The van der Waals surface area contributed by atoms with Gasteiger partial charge in [0.25, 0.3) is 0 Å². The summed E-state index contributed by atoms with van der Waals surface area (Å²) < 4.78 is 5.66. The summed E-state index contributed by atoms with van der Waals surface area (Å²) in [7, 11) is 1.33. The minimum Gasteiger partial charge on any atom is -0.468 e. The molecule has 0 aromatic heterocycles. The van der Waals surface area contributed by atoms with Gasteiger partial charge < -0.3 is 9.64 Å². The van der Waals surface area contributed by atoms with E-state index in [4.69, 9.17) is 0 Å². The van der Waals surface area contributed by atoms with Crippen molar-refractivity contribution in [1.82, 2.24) is 4.90 Å². The van der Waals surface area contributed by atoms with Crippen LogP contribution < -0.4 is 0 Å². The highest BCUT2D eigenvalue weighted by molar-refractivity contribution is 9.10. The number of hydrogen-bond donors (Lipinski definition) is 0. The van der Waals surface area contributed by atoms with Crippen molar-refractivity contribution in [2.75, 3.05) is 13.7 Å². The normalized spacial score (nSPS) is 12.1. The Kier molecular flexibility index (Phi) is 6.89. The summed E-state index contributed by atoms with van der Waals surface area (Å²) in [5, 5.41) is 0. The van der Waals surface area contributed by atoms with Crippen LogP contribution in [0.15, 0.2) is 28.7 Å². The van der Waals surface area contributed by atoms with E-state index in [0.717, 1.165) is 10.0 Å². The van der Waals surface area contributed by atoms with Crippen LogP contribution in [-0.4, -0.2) is 36.5 Å². The smallest absolute Gasteiger partial charge is 0.325 e. The molecule has 1 unspecified atom stereocenters. The van der Waals surface area contributed by atoms with Crippen molar-refractivity contribution in [1.29, 1.82) is 0 Å². The first-order valence-electron chi connectivity index (χ1n) is 6.97. The lowest BCUT2D eigenvalue weighted by molar-refractivity contribution is -0.148. The van der Waals surface area contributed by atoms with Crippen LogP contribution in [0.2, 0.25) is 0 Å². The molecule has 0 aliphatic heterocycles. The van der Waals surface area contributed by atoms with E-state index >= 15 is 0 Å². The maximum Gasteiger partial charge on any atom is 0.325 e. The van der Waals surface area contributed by atoms with E-state index in [0.29, 0.717) is 6.42 Å². The molecule has 0 heterocycles. The van der Waals surface area contributed by atoms with Crippen molar-refractivity contribution in [3.63, 3.8) is 0 Å². The molecule has 1 rings (SSSR count). The molecule has 0 bridgehead atoms. The van der Waals surface area contributed by atoms with Gasteiger partial charge in [-0.15, -0.1) is 0 Å². The molecule has 0 N–H and O–H groups in total. The van der Waals surface area contributed by atoms with Crippen LogP contribution in [0.4, 0.5) is 0 Å². The van der Waals surface area contributed by atoms with Gasteiger partial charge in [-0.05, 0) is 37.5 Å². The Morgan fingerprint density at radius 1 is 1.19 bits per heavy atom. The Morgan fingerprint density at radius 2 is 1.76 bits per heavy atom. The first-order valence-corrected chi connectivity index (χ1v) is 7.76. The summed E-state index contributed by atoms with van der Waals surface area (Å²) >= 11 is 3.40. The van der Waals surface area contributed by atoms with Crippen LogP contribution in [0.1, 0.15) is 38.7 Å². The second kappa shape index (κ2) is 8.17. The fourth-order valence-electron chi connectivity index (χ4n) is 2.05. The zero-order chi connectivity index (χ0) is 16.0. The number of amides is 1. The number of carbonyl (C=O) groups is 2. The Bertz CT molecular complexity index is 485. The molecule has 0 aliphatic carbocycles. The summed E-state index contributed by atoms with van der Waals surface area (Å²) in [5.74, 6) is -0.330. The maximum absolute atomic E-state index is 12.4. The Hall–Kier alpha value is -1.36. The molecule has 0 saturated heterocycles. The topological polar surface area (TPSA) is 46.6 Å². The van der Waals surface area contributed by atoms with E-state index in [1.807, 2.05) is 45.0 Å². The molecule has 1 aromatic carbocycles. The lowest BCUT2D eigenvalue weighted by atomic mass is 9.97. The monoisotopic (exact) mass is 355 g/mol. The van der Waals surface area contributed by atoms with Gasteiger partial charge in [0.15, 0.2) is 0 Å². The van der Waals surface area contributed by atoms with Gasteiger partial charge in [-0.2, -0.15) is 0 Å². The second-order valence-electron chi connectivity index (χ2n) is 5.35. The van der Waals surface area contributed by atoms with E-state index in [1.54, 1.807) is 4.90 Å².